The monoisotopic (exact) mass is 267 g/mol. The van der Waals surface area contributed by atoms with E-state index in [1.54, 1.807) is 13.8 Å². The largest absolute Gasteiger partial charge is 0.504 e. The van der Waals surface area contributed by atoms with Gasteiger partial charge in [-0.25, -0.2) is 0 Å². The molecule has 0 bridgehead atoms. The summed E-state index contributed by atoms with van der Waals surface area (Å²) < 4.78 is 0. The zero-order valence-corrected chi connectivity index (χ0v) is 10.8. The lowest BCUT2D eigenvalue weighted by Crippen LogP contribution is -2.31. The fraction of sp³-hybridized carbons (Fsp3) is 0.385. The summed E-state index contributed by atoms with van der Waals surface area (Å²) >= 11 is 0. The third-order valence-corrected chi connectivity index (χ3v) is 2.85. The number of rotatable bonds is 5. The molecule has 0 atom stereocenters. The Hall–Kier alpha value is -2.24. The van der Waals surface area contributed by atoms with Gasteiger partial charge in [-0.3, -0.25) is 9.59 Å². The van der Waals surface area contributed by atoms with Crippen LogP contribution >= 0.6 is 0 Å². The molecule has 0 aliphatic heterocycles. The molecule has 0 heterocycles. The minimum absolute atomic E-state index is 0.198. The number of carbonyl (C=O) groups excluding carboxylic acids is 1. The Morgan fingerprint density at radius 2 is 1.84 bits per heavy atom. The molecule has 19 heavy (non-hydrogen) atoms. The molecule has 0 aliphatic rings. The van der Waals surface area contributed by atoms with Crippen LogP contribution in [0, 0.1) is 5.41 Å². The molecule has 1 aromatic rings. The van der Waals surface area contributed by atoms with Crippen molar-refractivity contribution in [1.82, 2.24) is 5.32 Å². The number of aliphatic carboxylic acids is 1. The van der Waals surface area contributed by atoms with Crippen LogP contribution in [0.15, 0.2) is 18.2 Å². The Kier molecular flexibility index (Phi) is 4.37. The van der Waals surface area contributed by atoms with Crippen molar-refractivity contribution in [3.8, 4) is 11.5 Å². The SMILES string of the molecule is CC(C)(CCNC(=O)c1ccc(O)c(O)c1)C(=O)O. The molecule has 6 heteroatoms. The van der Waals surface area contributed by atoms with Gasteiger partial charge in [0.25, 0.3) is 5.91 Å². The Bertz CT molecular complexity index is 496. The van der Waals surface area contributed by atoms with Crippen LogP contribution < -0.4 is 5.32 Å². The average molecular weight is 267 g/mol. The van der Waals surface area contributed by atoms with Crippen molar-refractivity contribution in [3.63, 3.8) is 0 Å². The highest BCUT2D eigenvalue weighted by atomic mass is 16.4. The second kappa shape index (κ2) is 5.60. The fourth-order valence-electron chi connectivity index (χ4n) is 1.36. The van der Waals surface area contributed by atoms with Crippen LogP contribution in [0.25, 0.3) is 0 Å². The first-order chi connectivity index (χ1) is 8.74. The molecule has 0 radical (unpaired) electrons. The first-order valence-electron chi connectivity index (χ1n) is 5.77. The van der Waals surface area contributed by atoms with E-state index in [-0.39, 0.29) is 30.0 Å². The molecule has 0 unspecified atom stereocenters. The summed E-state index contributed by atoms with van der Waals surface area (Å²) in [7, 11) is 0. The number of carboxylic acids is 1. The molecule has 0 saturated carbocycles. The molecule has 0 aliphatic carbocycles. The van der Waals surface area contributed by atoms with Gasteiger partial charge in [-0.1, -0.05) is 0 Å². The number of nitrogens with one attached hydrogen (secondary N) is 1. The van der Waals surface area contributed by atoms with E-state index in [2.05, 4.69) is 5.32 Å². The number of carbonyl (C=O) groups is 2. The average Bonchev–Trinajstić information content (AvgIpc) is 2.32. The van der Waals surface area contributed by atoms with Crippen molar-refractivity contribution in [2.45, 2.75) is 20.3 Å². The molecule has 0 spiro atoms. The summed E-state index contributed by atoms with van der Waals surface area (Å²) in [5.74, 6) is -2.04. The second-order valence-corrected chi connectivity index (χ2v) is 4.90. The Labute approximate surface area is 110 Å². The highest BCUT2D eigenvalue weighted by molar-refractivity contribution is 5.94. The maximum Gasteiger partial charge on any atom is 0.309 e. The summed E-state index contributed by atoms with van der Waals surface area (Å²) in [5.41, 5.74) is -0.715. The summed E-state index contributed by atoms with van der Waals surface area (Å²) in [6.07, 6.45) is 0.290. The number of hydrogen-bond acceptors (Lipinski definition) is 4. The molecule has 1 rings (SSSR count). The van der Waals surface area contributed by atoms with Gasteiger partial charge in [-0.15, -0.1) is 0 Å². The first kappa shape index (κ1) is 14.8. The number of carboxylic acid groups (broad SMARTS) is 1. The first-order valence-corrected chi connectivity index (χ1v) is 5.77. The third kappa shape index (κ3) is 3.87. The van der Waals surface area contributed by atoms with Crippen LogP contribution in [0.1, 0.15) is 30.6 Å². The van der Waals surface area contributed by atoms with Gasteiger partial charge in [-0.05, 0) is 38.5 Å². The van der Waals surface area contributed by atoms with Crippen molar-refractivity contribution in [2.24, 2.45) is 5.41 Å². The summed E-state index contributed by atoms with van der Waals surface area (Å²) in [5, 5.41) is 29.9. The van der Waals surface area contributed by atoms with Gasteiger partial charge in [0, 0.05) is 12.1 Å². The maximum absolute atomic E-state index is 11.7. The lowest BCUT2D eigenvalue weighted by molar-refractivity contribution is -0.147. The lowest BCUT2D eigenvalue weighted by atomic mass is 9.90. The van der Waals surface area contributed by atoms with Crippen LogP contribution in [0.4, 0.5) is 0 Å². The van der Waals surface area contributed by atoms with Gasteiger partial charge in [0.05, 0.1) is 5.41 Å². The Balaban J connectivity index is 2.57. The number of aromatic hydroxyl groups is 2. The van der Waals surface area contributed by atoms with Gasteiger partial charge in [-0.2, -0.15) is 0 Å². The van der Waals surface area contributed by atoms with Crippen molar-refractivity contribution in [1.29, 1.82) is 0 Å². The van der Waals surface area contributed by atoms with Crippen molar-refractivity contribution in [2.75, 3.05) is 6.54 Å². The summed E-state index contributed by atoms with van der Waals surface area (Å²) in [6, 6.07) is 3.73. The third-order valence-electron chi connectivity index (χ3n) is 2.85. The molecule has 6 nitrogen and oxygen atoms in total. The Morgan fingerprint density at radius 3 is 2.37 bits per heavy atom. The predicted molar refractivity (Wildman–Crippen MR) is 68.1 cm³/mol. The standard InChI is InChI=1S/C13H17NO5/c1-13(2,12(18)19)5-6-14-11(17)8-3-4-9(15)10(16)7-8/h3-4,7,15-16H,5-6H2,1-2H3,(H,14,17)(H,18,19). The summed E-state index contributed by atoms with van der Waals surface area (Å²) in [6.45, 7) is 3.36. The normalized spacial score (nSPS) is 11.1. The molecular formula is C13H17NO5. The van der Waals surface area contributed by atoms with Crippen LogP contribution in [-0.2, 0) is 4.79 Å². The Morgan fingerprint density at radius 1 is 1.21 bits per heavy atom. The van der Waals surface area contributed by atoms with E-state index in [1.165, 1.54) is 12.1 Å². The van der Waals surface area contributed by atoms with E-state index in [1.807, 2.05) is 0 Å². The van der Waals surface area contributed by atoms with E-state index >= 15 is 0 Å². The van der Waals surface area contributed by atoms with Crippen LogP contribution in [0.3, 0.4) is 0 Å². The topological polar surface area (TPSA) is 107 Å². The van der Waals surface area contributed by atoms with Crippen LogP contribution in [0.2, 0.25) is 0 Å². The second-order valence-electron chi connectivity index (χ2n) is 4.90. The molecule has 1 aromatic carbocycles. The molecule has 4 N–H and O–H groups in total. The van der Waals surface area contributed by atoms with Gasteiger partial charge >= 0.3 is 5.97 Å². The number of benzene rings is 1. The molecule has 104 valence electrons. The van der Waals surface area contributed by atoms with Crippen LogP contribution in [-0.4, -0.2) is 33.7 Å². The van der Waals surface area contributed by atoms with Crippen molar-refractivity contribution in [3.05, 3.63) is 23.8 Å². The van der Waals surface area contributed by atoms with Crippen molar-refractivity contribution >= 4 is 11.9 Å². The number of amides is 1. The molecule has 0 fully saturated rings. The van der Waals surface area contributed by atoms with E-state index in [9.17, 15) is 14.7 Å². The zero-order chi connectivity index (χ0) is 14.6. The molecular weight excluding hydrogens is 250 g/mol. The van der Waals surface area contributed by atoms with Gasteiger partial charge in [0.15, 0.2) is 11.5 Å². The van der Waals surface area contributed by atoms with Crippen molar-refractivity contribution < 1.29 is 24.9 Å². The van der Waals surface area contributed by atoms with E-state index in [0.717, 1.165) is 6.07 Å². The van der Waals surface area contributed by atoms with Gasteiger partial charge in [0.2, 0.25) is 0 Å². The number of hydrogen-bond donors (Lipinski definition) is 4. The number of phenolic OH excluding ortho intramolecular Hbond substituents is 2. The van der Waals surface area contributed by atoms with Crippen LogP contribution in [0.5, 0.6) is 11.5 Å². The van der Waals surface area contributed by atoms with Gasteiger partial charge < -0.3 is 20.6 Å². The van der Waals surface area contributed by atoms with Gasteiger partial charge in [0.1, 0.15) is 0 Å². The predicted octanol–water partition coefficient (Wildman–Crippen LogP) is 1.33. The quantitative estimate of drug-likeness (QED) is 0.602. The lowest BCUT2D eigenvalue weighted by Gasteiger charge is -2.18. The number of phenols is 2. The van der Waals surface area contributed by atoms with E-state index < -0.39 is 17.3 Å². The van der Waals surface area contributed by atoms with E-state index in [4.69, 9.17) is 10.2 Å². The molecule has 0 aromatic heterocycles. The minimum Gasteiger partial charge on any atom is -0.504 e. The highest BCUT2D eigenvalue weighted by Gasteiger charge is 2.26. The smallest absolute Gasteiger partial charge is 0.309 e. The molecule has 0 saturated heterocycles. The highest BCUT2D eigenvalue weighted by Crippen LogP contribution is 2.25. The molecule has 1 amide bonds. The maximum atomic E-state index is 11.7. The van der Waals surface area contributed by atoms with E-state index in [0.29, 0.717) is 0 Å². The summed E-state index contributed by atoms with van der Waals surface area (Å²) in [4.78, 5) is 22.6. The zero-order valence-electron chi connectivity index (χ0n) is 10.8. The minimum atomic E-state index is -0.927. The fourth-order valence-corrected chi connectivity index (χ4v) is 1.36.